The molecule has 0 saturated carbocycles. The van der Waals surface area contributed by atoms with Crippen LogP contribution in [0, 0.1) is 0 Å². The number of carbonyl (C=O) groups is 1. The van der Waals surface area contributed by atoms with E-state index in [1.54, 1.807) is 19.1 Å². The number of aryl methyl sites for hydroxylation is 1. The zero-order valence-electron chi connectivity index (χ0n) is 12.8. The van der Waals surface area contributed by atoms with E-state index in [1.807, 2.05) is 12.1 Å². The van der Waals surface area contributed by atoms with Gasteiger partial charge in [-0.1, -0.05) is 39.0 Å². The number of hydrogen-bond acceptors (Lipinski definition) is 3. The molecule has 3 nitrogen and oxygen atoms in total. The molecule has 0 aliphatic rings. The Kier molecular flexibility index (Phi) is 5.81. The van der Waals surface area contributed by atoms with E-state index < -0.39 is 0 Å². The van der Waals surface area contributed by atoms with Crippen molar-refractivity contribution in [3.05, 3.63) is 41.5 Å². The Labute approximate surface area is 121 Å². The lowest BCUT2D eigenvalue weighted by atomic mass is 9.85. The molecule has 0 atom stereocenters. The number of hydrogen-bond donors (Lipinski definition) is 1. The highest BCUT2D eigenvalue weighted by Crippen LogP contribution is 2.31. The van der Waals surface area contributed by atoms with Crippen LogP contribution in [0.3, 0.4) is 0 Å². The summed E-state index contributed by atoms with van der Waals surface area (Å²) in [5, 5.41) is 9.90. The molecule has 1 aromatic carbocycles. The van der Waals surface area contributed by atoms with Crippen molar-refractivity contribution in [1.82, 2.24) is 0 Å². The fraction of sp³-hybridized carbons (Fsp3) is 0.471. The van der Waals surface area contributed by atoms with Crippen LogP contribution >= 0.6 is 0 Å². The van der Waals surface area contributed by atoms with Crippen LogP contribution in [0.5, 0.6) is 5.75 Å². The normalized spacial score (nSPS) is 11.8. The molecule has 20 heavy (non-hydrogen) atoms. The van der Waals surface area contributed by atoms with Crippen molar-refractivity contribution in [3.8, 4) is 5.75 Å². The molecule has 0 fully saturated rings. The number of esters is 1. The molecule has 0 heterocycles. The van der Waals surface area contributed by atoms with E-state index in [9.17, 15) is 9.90 Å². The molecule has 110 valence electrons. The standard InChI is InChI=1S/C17H24O3/c1-5-7-16(19)20-11-6-8-13-9-10-15(18)14(12-13)17(2,3)4/h5,7,9-10,12,18H,6,8,11H2,1-4H3. The number of carbonyl (C=O) groups excluding carboxylic acids is 1. The zero-order valence-corrected chi connectivity index (χ0v) is 12.8. The van der Waals surface area contributed by atoms with Crippen molar-refractivity contribution in [2.24, 2.45) is 0 Å². The summed E-state index contributed by atoms with van der Waals surface area (Å²) in [6.45, 7) is 8.42. The van der Waals surface area contributed by atoms with Gasteiger partial charge in [0, 0.05) is 6.08 Å². The monoisotopic (exact) mass is 276 g/mol. The van der Waals surface area contributed by atoms with Gasteiger partial charge >= 0.3 is 5.97 Å². The molecule has 0 aliphatic carbocycles. The number of benzene rings is 1. The average molecular weight is 276 g/mol. The molecular weight excluding hydrogens is 252 g/mol. The Morgan fingerprint density at radius 3 is 2.65 bits per heavy atom. The highest BCUT2D eigenvalue weighted by molar-refractivity contribution is 5.81. The number of phenolic OH excluding ortho intramolecular Hbond substituents is 1. The summed E-state index contributed by atoms with van der Waals surface area (Å²) in [6.07, 6.45) is 4.68. The van der Waals surface area contributed by atoms with E-state index in [0.29, 0.717) is 12.4 Å². The summed E-state index contributed by atoms with van der Waals surface area (Å²) in [5.41, 5.74) is 2.01. The smallest absolute Gasteiger partial charge is 0.330 e. The number of rotatable bonds is 5. The van der Waals surface area contributed by atoms with Crippen LogP contribution in [0.2, 0.25) is 0 Å². The molecular formula is C17H24O3. The Morgan fingerprint density at radius 2 is 2.05 bits per heavy atom. The van der Waals surface area contributed by atoms with Crippen molar-refractivity contribution >= 4 is 5.97 Å². The summed E-state index contributed by atoms with van der Waals surface area (Å²) < 4.78 is 5.05. The van der Waals surface area contributed by atoms with Crippen LogP contribution in [0.4, 0.5) is 0 Å². The van der Waals surface area contributed by atoms with E-state index in [-0.39, 0.29) is 11.4 Å². The first-order chi connectivity index (χ1) is 9.34. The minimum atomic E-state index is -0.298. The second-order valence-electron chi connectivity index (χ2n) is 5.87. The van der Waals surface area contributed by atoms with Gasteiger partial charge in [0.15, 0.2) is 0 Å². The Hall–Kier alpha value is -1.77. The average Bonchev–Trinajstić information content (AvgIpc) is 2.35. The molecule has 1 aromatic rings. The lowest BCUT2D eigenvalue weighted by Gasteiger charge is -2.21. The highest BCUT2D eigenvalue weighted by Gasteiger charge is 2.18. The van der Waals surface area contributed by atoms with E-state index in [0.717, 1.165) is 24.0 Å². The first-order valence-corrected chi connectivity index (χ1v) is 6.96. The minimum Gasteiger partial charge on any atom is -0.508 e. The van der Waals surface area contributed by atoms with Crippen molar-refractivity contribution in [2.45, 2.75) is 46.0 Å². The molecule has 0 aliphatic heterocycles. The molecule has 0 unspecified atom stereocenters. The summed E-state index contributed by atoms with van der Waals surface area (Å²) in [5.74, 6) is 0.0364. The summed E-state index contributed by atoms with van der Waals surface area (Å²) in [6, 6.07) is 5.68. The van der Waals surface area contributed by atoms with Crippen LogP contribution in [0.1, 0.15) is 45.2 Å². The topological polar surface area (TPSA) is 46.5 Å². The van der Waals surface area contributed by atoms with Gasteiger partial charge in [0.25, 0.3) is 0 Å². The minimum absolute atomic E-state index is 0.0848. The third kappa shape index (κ3) is 5.08. The number of allylic oxidation sites excluding steroid dienone is 1. The van der Waals surface area contributed by atoms with Crippen LogP contribution in [0.15, 0.2) is 30.4 Å². The number of ether oxygens (including phenoxy) is 1. The van der Waals surface area contributed by atoms with Gasteiger partial charge in [-0.2, -0.15) is 0 Å². The molecule has 0 radical (unpaired) electrons. The molecule has 0 spiro atoms. The van der Waals surface area contributed by atoms with Crippen molar-refractivity contribution < 1.29 is 14.6 Å². The van der Waals surface area contributed by atoms with E-state index in [2.05, 4.69) is 20.8 Å². The first-order valence-electron chi connectivity index (χ1n) is 6.96. The maximum absolute atomic E-state index is 11.1. The van der Waals surface area contributed by atoms with Gasteiger partial charge in [0.2, 0.25) is 0 Å². The van der Waals surface area contributed by atoms with Crippen molar-refractivity contribution in [2.75, 3.05) is 6.61 Å². The molecule has 1 rings (SSSR count). The predicted octanol–water partition coefficient (Wildman–Crippen LogP) is 3.74. The van der Waals surface area contributed by atoms with Crippen molar-refractivity contribution in [1.29, 1.82) is 0 Å². The summed E-state index contributed by atoms with van der Waals surface area (Å²) in [7, 11) is 0. The molecule has 0 amide bonds. The van der Waals surface area contributed by atoms with Crippen LogP contribution in [-0.4, -0.2) is 17.7 Å². The van der Waals surface area contributed by atoms with Crippen LogP contribution in [-0.2, 0) is 21.4 Å². The third-order valence-corrected chi connectivity index (χ3v) is 3.03. The molecule has 0 saturated heterocycles. The van der Waals surface area contributed by atoms with Gasteiger partial charge in [-0.3, -0.25) is 0 Å². The van der Waals surface area contributed by atoms with Crippen LogP contribution < -0.4 is 0 Å². The Balaban J connectivity index is 2.55. The maximum atomic E-state index is 11.1. The zero-order chi connectivity index (χ0) is 15.2. The van der Waals surface area contributed by atoms with E-state index in [4.69, 9.17) is 4.74 Å². The first kappa shape index (κ1) is 16.3. The van der Waals surface area contributed by atoms with Gasteiger partial charge in [0.1, 0.15) is 5.75 Å². The summed E-state index contributed by atoms with van der Waals surface area (Å²) in [4.78, 5) is 11.1. The highest BCUT2D eigenvalue weighted by atomic mass is 16.5. The SMILES string of the molecule is CC=CC(=O)OCCCc1ccc(O)c(C(C)(C)C)c1. The molecule has 0 aromatic heterocycles. The Morgan fingerprint density at radius 1 is 1.35 bits per heavy atom. The number of phenols is 1. The second-order valence-corrected chi connectivity index (χ2v) is 5.87. The van der Waals surface area contributed by atoms with E-state index in [1.165, 1.54) is 6.08 Å². The fourth-order valence-electron chi connectivity index (χ4n) is 1.97. The maximum Gasteiger partial charge on any atom is 0.330 e. The Bertz CT molecular complexity index is 481. The molecule has 3 heteroatoms. The fourth-order valence-corrected chi connectivity index (χ4v) is 1.97. The largest absolute Gasteiger partial charge is 0.508 e. The number of aromatic hydroxyl groups is 1. The molecule has 0 bridgehead atoms. The molecule has 1 N–H and O–H groups in total. The lowest BCUT2D eigenvalue weighted by Crippen LogP contribution is -2.12. The van der Waals surface area contributed by atoms with Crippen molar-refractivity contribution in [3.63, 3.8) is 0 Å². The predicted molar refractivity (Wildman–Crippen MR) is 80.9 cm³/mol. The van der Waals surface area contributed by atoms with Gasteiger partial charge in [-0.05, 0) is 42.4 Å². The summed E-state index contributed by atoms with van der Waals surface area (Å²) >= 11 is 0. The van der Waals surface area contributed by atoms with E-state index >= 15 is 0 Å². The lowest BCUT2D eigenvalue weighted by molar-refractivity contribution is -0.137. The van der Waals surface area contributed by atoms with Gasteiger partial charge in [0.05, 0.1) is 6.61 Å². The van der Waals surface area contributed by atoms with Gasteiger partial charge < -0.3 is 9.84 Å². The quantitative estimate of drug-likeness (QED) is 0.506. The van der Waals surface area contributed by atoms with Gasteiger partial charge in [-0.15, -0.1) is 0 Å². The third-order valence-electron chi connectivity index (χ3n) is 3.03. The van der Waals surface area contributed by atoms with Crippen LogP contribution in [0.25, 0.3) is 0 Å². The second kappa shape index (κ2) is 7.13. The van der Waals surface area contributed by atoms with Gasteiger partial charge in [-0.25, -0.2) is 4.79 Å².